The van der Waals surface area contributed by atoms with Crippen molar-refractivity contribution in [2.24, 2.45) is 11.7 Å². The summed E-state index contributed by atoms with van der Waals surface area (Å²) in [7, 11) is 0. The third-order valence-corrected chi connectivity index (χ3v) is 4.97. The van der Waals surface area contributed by atoms with Gasteiger partial charge in [-0.25, -0.2) is 4.98 Å². The number of benzene rings is 1. The molecule has 4 heteroatoms. The molecular weight excluding hydrogens is 282 g/mol. The highest BCUT2D eigenvalue weighted by atomic mass is 35.5. The van der Waals surface area contributed by atoms with E-state index in [4.69, 9.17) is 22.3 Å². The molecule has 2 N–H and O–H groups in total. The Morgan fingerprint density at radius 1 is 1.29 bits per heavy atom. The average molecular weight is 306 g/mol. The Morgan fingerprint density at radius 3 is 2.71 bits per heavy atom. The molecule has 114 valence electrons. The Labute approximate surface area is 131 Å². The smallest absolute Gasteiger partial charge is 0.112 e. The lowest BCUT2D eigenvalue weighted by molar-refractivity contribution is 0.321. The Bertz CT molecular complexity index is 612. The second-order valence-electron chi connectivity index (χ2n) is 6.21. The summed E-state index contributed by atoms with van der Waals surface area (Å²) in [6.45, 7) is 4.08. The third-order valence-electron chi connectivity index (χ3n) is 4.73. The predicted octanol–water partition coefficient (Wildman–Crippen LogP) is 4.33. The molecule has 0 amide bonds. The number of fused-ring (bicyclic) bond motifs is 1. The molecule has 0 saturated heterocycles. The molecule has 1 aromatic carbocycles. The van der Waals surface area contributed by atoms with Gasteiger partial charge in [0.1, 0.15) is 5.82 Å². The van der Waals surface area contributed by atoms with Crippen molar-refractivity contribution in [3.8, 4) is 0 Å². The molecule has 0 atom stereocenters. The topological polar surface area (TPSA) is 43.8 Å². The van der Waals surface area contributed by atoms with Gasteiger partial charge >= 0.3 is 0 Å². The minimum atomic E-state index is 0.575. The number of imidazole rings is 1. The van der Waals surface area contributed by atoms with Crippen LogP contribution in [0.1, 0.15) is 50.8 Å². The summed E-state index contributed by atoms with van der Waals surface area (Å²) in [5.41, 5.74) is 8.06. The predicted molar refractivity (Wildman–Crippen MR) is 88.8 cm³/mol. The molecular formula is C17H24ClN3. The van der Waals surface area contributed by atoms with Crippen LogP contribution in [0.4, 0.5) is 0 Å². The molecule has 1 aliphatic carbocycles. The number of halogens is 1. The summed E-state index contributed by atoms with van der Waals surface area (Å²) in [6, 6.07) is 6.06. The van der Waals surface area contributed by atoms with Gasteiger partial charge in [-0.2, -0.15) is 0 Å². The van der Waals surface area contributed by atoms with E-state index < -0.39 is 0 Å². The van der Waals surface area contributed by atoms with Crippen molar-refractivity contribution in [1.82, 2.24) is 9.55 Å². The highest BCUT2D eigenvalue weighted by Gasteiger charge is 2.25. The van der Waals surface area contributed by atoms with E-state index in [2.05, 4.69) is 17.6 Å². The number of hydrogen-bond acceptors (Lipinski definition) is 2. The van der Waals surface area contributed by atoms with E-state index in [1.165, 1.54) is 37.0 Å². The highest BCUT2D eigenvalue weighted by Crippen LogP contribution is 2.36. The fourth-order valence-electron chi connectivity index (χ4n) is 3.55. The maximum absolute atomic E-state index is 6.12. The highest BCUT2D eigenvalue weighted by molar-refractivity contribution is 6.31. The average Bonchev–Trinajstić information content (AvgIpc) is 2.85. The second-order valence-corrected chi connectivity index (χ2v) is 6.64. The van der Waals surface area contributed by atoms with Gasteiger partial charge in [-0.1, -0.05) is 18.5 Å². The maximum atomic E-state index is 6.12. The van der Waals surface area contributed by atoms with Gasteiger partial charge in [-0.05, 0) is 62.8 Å². The normalized spacial score (nSPS) is 22.8. The molecule has 3 nitrogen and oxygen atoms in total. The molecule has 0 spiro atoms. The fraction of sp³-hybridized carbons (Fsp3) is 0.588. The maximum Gasteiger partial charge on any atom is 0.112 e. The molecule has 1 saturated carbocycles. The lowest BCUT2D eigenvalue weighted by Gasteiger charge is -2.27. The van der Waals surface area contributed by atoms with Gasteiger partial charge in [0, 0.05) is 17.5 Å². The minimum absolute atomic E-state index is 0.575. The van der Waals surface area contributed by atoms with Gasteiger partial charge in [0.05, 0.1) is 11.0 Å². The summed E-state index contributed by atoms with van der Waals surface area (Å²) in [6.07, 6.45) is 6.01. The Balaban J connectivity index is 1.95. The van der Waals surface area contributed by atoms with Crippen molar-refractivity contribution >= 4 is 22.6 Å². The van der Waals surface area contributed by atoms with Gasteiger partial charge in [0.15, 0.2) is 0 Å². The Morgan fingerprint density at radius 2 is 2.05 bits per heavy atom. The van der Waals surface area contributed by atoms with Crippen LogP contribution in [-0.4, -0.2) is 16.1 Å². The first kappa shape index (κ1) is 14.9. The number of hydrogen-bond donors (Lipinski definition) is 1. The number of rotatable bonds is 4. The molecule has 0 radical (unpaired) electrons. The Hall–Kier alpha value is -1.06. The lowest BCUT2D eigenvalue weighted by atomic mass is 9.81. The van der Waals surface area contributed by atoms with Crippen LogP contribution < -0.4 is 5.73 Å². The number of nitrogens with zero attached hydrogens (tertiary/aromatic N) is 2. The van der Waals surface area contributed by atoms with Gasteiger partial charge in [-0.3, -0.25) is 0 Å². The summed E-state index contributed by atoms with van der Waals surface area (Å²) in [5, 5.41) is 0.766. The summed E-state index contributed by atoms with van der Waals surface area (Å²) < 4.78 is 2.40. The van der Waals surface area contributed by atoms with E-state index in [-0.39, 0.29) is 0 Å². The number of nitrogens with two attached hydrogens (primary N) is 1. The van der Waals surface area contributed by atoms with Crippen LogP contribution in [0.2, 0.25) is 5.02 Å². The van der Waals surface area contributed by atoms with Crippen LogP contribution in [0.15, 0.2) is 18.2 Å². The van der Waals surface area contributed by atoms with E-state index in [1.54, 1.807) is 0 Å². The second kappa shape index (κ2) is 6.37. The van der Waals surface area contributed by atoms with Crippen molar-refractivity contribution < 1.29 is 0 Å². The SMILES string of the molecule is CCCn1c(C2CCC(CN)CC2)nc2cc(Cl)ccc21. The molecule has 1 heterocycles. The van der Waals surface area contributed by atoms with Crippen LogP contribution in [0.3, 0.4) is 0 Å². The standard InChI is InChI=1S/C17H24ClN3/c1-2-9-21-16-8-7-14(18)10-15(16)20-17(21)13-5-3-12(11-19)4-6-13/h7-8,10,12-13H,2-6,9,11,19H2,1H3. The first-order valence-electron chi connectivity index (χ1n) is 8.08. The van der Waals surface area contributed by atoms with E-state index in [1.807, 2.05) is 12.1 Å². The van der Waals surface area contributed by atoms with Gasteiger partial charge < -0.3 is 10.3 Å². The molecule has 0 aliphatic heterocycles. The summed E-state index contributed by atoms with van der Waals surface area (Å²) in [4.78, 5) is 4.91. The quantitative estimate of drug-likeness (QED) is 0.913. The van der Waals surface area contributed by atoms with Crippen molar-refractivity contribution in [2.45, 2.75) is 51.5 Å². The van der Waals surface area contributed by atoms with Crippen LogP contribution in [0.25, 0.3) is 11.0 Å². The molecule has 1 aliphatic rings. The summed E-state index contributed by atoms with van der Waals surface area (Å²) in [5.74, 6) is 2.54. The van der Waals surface area contributed by atoms with Gasteiger partial charge in [0.25, 0.3) is 0 Å². The molecule has 2 aromatic rings. The first-order valence-corrected chi connectivity index (χ1v) is 8.46. The zero-order chi connectivity index (χ0) is 14.8. The van der Waals surface area contributed by atoms with Crippen molar-refractivity contribution in [1.29, 1.82) is 0 Å². The number of aryl methyl sites for hydroxylation is 1. The van der Waals surface area contributed by atoms with E-state index in [0.29, 0.717) is 11.8 Å². The monoisotopic (exact) mass is 305 g/mol. The van der Waals surface area contributed by atoms with E-state index in [9.17, 15) is 0 Å². The molecule has 0 bridgehead atoms. The summed E-state index contributed by atoms with van der Waals surface area (Å²) >= 11 is 6.12. The molecule has 1 fully saturated rings. The fourth-order valence-corrected chi connectivity index (χ4v) is 3.71. The van der Waals surface area contributed by atoms with Crippen molar-refractivity contribution in [3.63, 3.8) is 0 Å². The van der Waals surface area contributed by atoms with Crippen molar-refractivity contribution in [2.75, 3.05) is 6.54 Å². The van der Waals surface area contributed by atoms with Crippen LogP contribution in [0.5, 0.6) is 0 Å². The van der Waals surface area contributed by atoms with E-state index in [0.717, 1.165) is 30.0 Å². The molecule has 3 rings (SSSR count). The molecule has 1 aromatic heterocycles. The van der Waals surface area contributed by atoms with Crippen molar-refractivity contribution in [3.05, 3.63) is 29.0 Å². The Kier molecular flexibility index (Phi) is 4.51. The van der Waals surface area contributed by atoms with Crippen LogP contribution >= 0.6 is 11.6 Å². The minimum Gasteiger partial charge on any atom is -0.330 e. The van der Waals surface area contributed by atoms with Crippen LogP contribution in [-0.2, 0) is 6.54 Å². The largest absolute Gasteiger partial charge is 0.330 e. The zero-order valence-corrected chi connectivity index (χ0v) is 13.4. The molecule has 0 unspecified atom stereocenters. The van der Waals surface area contributed by atoms with Gasteiger partial charge in [-0.15, -0.1) is 0 Å². The molecule has 21 heavy (non-hydrogen) atoms. The zero-order valence-electron chi connectivity index (χ0n) is 12.7. The van der Waals surface area contributed by atoms with Gasteiger partial charge in [0.2, 0.25) is 0 Å². The first-order chi connectivity index (χ1) is 10.2. The number of aromatic nitrogens is 2. The van der Waals surface area contributed by atoms with Crippen LogP contribution in [0, 0.1) is 5.92 Å². The lowest BCUT2D eigenvalue weighted by Crippen LogP contribution is -2.22. The third kappa shape index (κ3) is 2.95. The van der Waals surface area contributed by atoms with E-state index >= 15 is 0 Å².